The highest BCUT2D eigenvalue weighted by Crippen LogP contribution is 2.26. The lowest BCUT2D eigenvalue weighted by atomic mass is 10.2. The summed E-state index contributed by atoms with van der Waals surface area (Å²) in [6.07, 6.45) is 0.517. The maximum absolute atomic E-state index is 10.7. The van der Waals surface area contributed by atoms with Crippen LogP contribution in [0.3, 0.4) is 0 Å². The molecule has 0 unspecified atom stereocenters. The Bertz CT molecular complexity index is 278. The Labute approximate surface area is 75.0 Å². The second-order valence-corrected chi connectivity index (χ2v) is 4.30. The van der Waals surface area contributed by atoms with Crippen molar-refractivity contribution < 1.29 is 4.79 Å². The minimum atomic E-state index is 0.187. The van der Waals surface area contributed by atoms with Crippen LogP contribution in [-0.4, -0.2) is 5.78 Å². The first-order valence-electron chi connectivity index (χ1n) is 3.34. The highest BCUT2D eigenvalue weighted by atomic mass is 35.5. The van der Waals surface area contributed by atoms with Crippen LogP contribution < -0.4 is 0 Å². The Morgan fingerprint density at radius 3 is 2.73 bits per heavy atom. The molecule has 11 heavy (non-hydrogen) atoms. The third-order valence-electron chi connectivity index (χ3n) is 1.40. The van der Waals surface area contributed by atoms with Gasteiger partial charge in [0.05, 0.1) is 4.34 Å². The molecule has 1 rings (SSSR count). The lowest BCUT2D eigenvalue weighted by Gasteiger charge is -1.92. The fourth-order valence-corrected chi connectivity index (χ4v) is 2.29. The Morgan fingerprint density at radius 2 is 2.36 bits per heavy atom. The van der Waals surface area contributed by atoms with Crippen molar-refractivity contribution in [2.24, 2.45) is 0 Å². The Morgan fingerprint density at radius 1 is 1.73 bits per heavy atom. The van der Waals surface area contributed by atoms with Gasteiger partial charge in [0.2, 0.25) is 0 Å². The van der Waals surface area contributed by atoms with E-state index in [9.17, 15) is 4.79 Å². The number of Topliss-reactive ketones (excluding diaryl/α,β-unsaturated/α-hetero) is 1. The van der Waals surface area contributed by atoms with Gasteiger partial charge in [-0.3, -0.25) is 4.79 Å². The fraction of sp³-hybridized carbons (Fsp3) is 0.375. The maximum Gasteiger partial charge on any atom is 0.135 e. The van der Waals surface area contributed by atoms with E-state index in [0.29, 0.717) is 6.42 Å². The van der Waals surface area contributed by atoms with Gasteiger partial charge in [0.15, 0.2) is 0 Å². The van der Waals surface area contributed by atoms with Crippen molar-refractivity contribution in [3.8, 4) is 0 Å². The topological polar surface area (TPSA) is 17.1 Å². The zero-order valence-electron chi connectivity index (χ0n) is 6.48. The number of hydrogen-bond acceptors (Lipinski definition) is 2. The first-order chi connectivity index (χ1) is 5.09. The van der Waals surface area contributed by atoms with E-state index >= 15 is 0 Å². The average Bonchev–Trinajstić information content (AvgIpc) is 2.09. The number of halogens is 1. The third-order valence-corrected chi connectivity index (χ3v) is 2.77. The van der Waals surface area contributed by atoms with Gasteiger partial charge in [-0.1, -0.05) is 11.6 Å². The number of aryl methyl sites for hydroxylation is 1. The predicted octanol–water partition coefficient (Wildman–Crippen LogP) is 2.84. The molecular weight excluding hydrogens is 180 g/mol. The average molecular weight is 189 g/mol. The number of carbonyl (C=O) groups is 1. The summed E-state index contributed by atoms with van der Waals surface area (Å²) >= 11 is 7.24. The molecule has 1 aromatic heterocycles. The molecule has 0 aromatic carbocycles. The molecule has 0 N–H and O–H groups in total. The minimum absolute atomic E-state index is 0.187. The number of ketones is 1. The monoisotopic (exact) mass is 188 g/mol. The highest BCUT2D eigenvalue weighted by molar-refractivity contribution is 7.16. The van der Waals surface area contributed by atoms with Crippen molar-refractivity contribution in [1.82, 2.24) is 0 Å². The molecule has 0 aliphatic heterocycles. The zero-order valence-corrected chi connectivity index (χ0v) is 8.05. The van der Waals surface area contributed by atoms with Crippen molar-refractivity contribution >= 4 is 28.7 Å². The van der Waals surface area contributed by atoms with Gasteiger partial charge >= 0.3 is 0 Å². The minimum Gasteiger partial charge on any atom is -0.300 e. The molecule has 0 radical (unpaired) electrons. The summed E-state index contributed by atoms with van der Waals surface area (Å²) in [6, 6.07) is 1.89. The maximum atomic E-state index is 10.7. The molecule has 0 saturated carbocycles. The summed E-state index contributed by atoms with van der Waals surface area (Å²) in [5.41, 5.74) is 1.12. The molecule has 1 nitrogen and oxygen atoms in total. The van der Waals surface area contributed by atoms with Crippen molar-refractivity contribution in [2.45, 2.75) is 20.3 Å². The summed E-state index contributed by atoms with van der Waals surface area (Å²) in [6.45, 7) is 3.56. The first kappa shape index (κ1) is 8.75. The van der Waals surface area contributed by atoms with Crippen molar-refractivity contribution in [3.05, 3.63) is 20.8 Å². The van der Waals surface area contributed by atoms with Gasteiger partial charge in [0.25, 0.3) is 0 Å². The standard InChI is InChI=1S/C8H9ClOS/c1-5-3-8(9)11-7(5)4-6(2)10/h3H,4H2,1-2H3. The Kier molecular flexibility index (Phi) is 2.68. The van der Waals surface area contributed by atoms with Crippen LogP contribution >= 0.6 is 22.9 Å². The van der Waals surface area contributed by atoms with E-state index in [1.807, 2.05) is 13.0 Å². The summed E-state index contributed by atoms with van der Waals surface area (Å²) in [5.74, 6) is 0.187. The van der Waals surface area contributed by atoms with Crippen LogP contribution in [0.2, 0.25) is 4.34 Å². The highest BCUT2D eigenvalue weighted by Gasteiger charge is 2.05. The lowest BCUT2D eigenvalue weighted by molar-refractivity contribution is -0.116. The van der Waals surface area contributed by atoms with Crippen LogP contribution in [0, 0.1) is 6.92 Å². The smallest absolute Gasteiger partial charge is 0.135 e. The molecule has 0 amide bonds. The number of hydrogen-bond donors (Lipinski definition) is 0. The number of thiophene rings is 1. The van der Waals surface area contributed by atoms with E-state index in [1.54, 1.807) is 6.92 Å². The summed E-state index contributed by atoms with van der Waals surface area (Å²) < 4.78 is 0.763. The van der Waals surface area contributed by atoms with Gasteiger partial charge < -0.3 is 0 Å². The largest absolute Gasteiger partial charge is 0.300 e. The SMILES string of the molecule is CC(=O)Cc1sc(Cl)cc1C. The quantitative estimate of drug-likeness (QED) is 0.698. The first-order valence-corrected chi connectivity index (χ1v) is 4.53. The zero-order chi connectivity index (χ0) is 8.43. The van der Waals surface area contributed by atoms with Crippen LogP contribution in [0.25, 0.3) is 0 Å². The van der Waals surface area contributed by atoms with Gasteiger partial charge in [0.1, 0.15) is 5.78 Å². The van der Waals surface area contributed by atoms with Gasteiger partial charge in [-0.05, 0) is 25.5 Å². The molecule has 0 saturated heterocycles. The molecular formula is C8H9ClOS. The van der Waals surface area contributed by atoms with Crippen molar-refractivity contribution in [2.75, 3.05) is 0 Å². The molecule has 60 valence electrons. The van der Waals surface area contributed by atoms with Crippen LogP contribution in [0.5, 0.6) is 0 Å². The number of rotatable bonds is 2. The van der Waals surface area contributed by atoms with Gasteiger partial charge in [-0.2, -0.15) is 0 Å². The molecule has 0 bridgehead atoms. The van der Waals surface area contributed by atoms with Crippen molar-refractivity contribution in [3.63, 3.8) is 0 Å². The lowest BCUT2D eigenvalue weighted by Crippen LogP contribution is -1.94. The van der Waals surface area contributed by atoms with E-state index in [0.717, 1.165) is 14.8 Å². The molecule has 0 fully saturated rings. The molecule has 0 atom stereocenters. The Hall–Kier alpha value is -0.340. The summed E-state index contributed by atoms with van der Waals surface area (Å²) in [5, 5.41) is 0. The van der Waals surface area contributed by atoms with Gasteiger partial charge in [-0.15, -0.1) is 11.3 Å². The van der Waals surface area contributed by atoms with Crippen LogP contribution in [0.15, 0.2) is 6.07 Å². The second-order valence-electron chi connectivity index (χ2n) is 2.54. The number of carbonyl (C=O) groups excluding carboxylic acids is 1. The van der Waals surface area contributed by atoms with E-state index in [4.69, 9.17) is 11.6 Å². The van der Waals surface area contributed by atoms with E-state index in [1.165, 1.54) is 11.3 Å². The van der Waals surface area contributed by atoms with Gasteiger partial charge in [0, 0.05) is 11.3 Å². The molecule has 0 aliphatic carbocycles. The van der Waals surface area contributed by atoms with Crippen molar-refractivity contribution in [1.29, 1.82) is 0 Å². The van der Waals surface area contributed by atoms with Crippen LogP contribution in [0.4, 0.5) is 0 Å². The second kappa shape index (κ2) is 3.37. The molecule has 3 heteroatoms. The molecule has 0 aliphatic rings. The molecule has 0 spiro atoms. The van der Waals surface area contributed by atoms with E-state index in [-0.39, 0.29) is 5.78 Å². The molecule has 1 aromatic rings. The molecule has 1 heterocycles. The van der Waals surface area contributed by atoms with Gasteiger partial charge in [-0.25, -0.2) is 0 Å². The third kappa shape index (κ3) is 2.31. The normalized spacial score (nSPS) is 10.1. The summed E-state index contributed by atoms with van der Waals surface area (Å²) in [7, 11) is 0. The predicted molar refractivity (Wildman–Crippen MR) is 48.5 cm³/mol. The fourth-order valence-electron chi connectivity index (χ4n) is 0.880. The van der Waals surface area contributed by atoms with Crippen LogP contribution in [-0.2, 0) is 11.2 Å². The van der Waals surface area contributed by atoms with E-state index < -0.39 is 0 Å². The van der Waals surface area contributed by atoms with E-state index in [2.05, 4.69) is 0 Å². The Balaban J connectivity index is 2.85. The summed E-state index contributed by atoms with van der Waals surface area (Å²) in [4.78, 5) is 11.8. The van der Waals surface area contributed by atoms with Crippen LogP contribution in [0.1, 0.15) is 17.4 Å².